The molecule has 0 saturated carbocycles. The molecule has 0 radical (unpaired) electrons. The number of ether oxygens (including phenoxy) is 1. The van der Waals surface area contributed by atoms with Crippen molar-refractivity contribution in [2.75, 3.05) is 6.61 Å². The molecule has 0 saturated heterocycles. The predicted octanol–water partition coefficient (Wildman–Crippen LogP) is -0.315. The van der Waals surface area contributed by atoms with Crippen molar-refractivity contribution in [2.24, 2.45) is 0 Å². The summed E-state index contributed by atoms with van der Waals surface area (Å²) in [6.45, 7) is 2.16. The van der Waals surface area contributed by atoms with Gasteiger partial charge in [0.2, 0.25) is 6.33 Å². The molecule has 1 aromatic heterocycles. The lowest BCUT2D eigenvalue weighted by Crippen LogP contribution is -2.21. The maximum absolute atomic E-state index is 10.6. The van der Waals surface area contributed by atoms with Crippen molar-refractivity contribution in [3.8, 4) is 0 Å². The second kappa shape index (κ2) is 3.75. The van der Waals surface area contributed by atoms with Gasteiger partial charge in [-0.25, -0.2) is 9.30 Å². The van der Waals surface area contributed by atoms with Gasteiger partial charge in [-0.15, -0.1) is 0 Å². The lowest BCUT2D eigenvalue weighted by Gasteiger charge is -1.98. The highest BCUT2D eigenvalue weighted by atomic mass is 16.5. The number of carbonyl (C=O) groups excluding carboxylic acids is 1. The van der Waals surface area contributed by atoms with E-state index in [1.165, 1.54) is 19.4 Å². The molecule has 5 heteroatoms. The number of esters is 1. The second-order valence-corrected chi connectivity index (χ2v) is 2.35. The number of carbonyl (C=O) groups is 1. The van der Waals surface area contributed by atoms with Gasteiger partial charge in [0, 0.05) is 6.92 Å². The van der Waals surface area contributed by atoms with E-state index < -0.39 is 0 Å². The number of imidazole rings is 1. The van der Waals surface area contributed by atoms with Crippen LogP contribution in [0.5, 0.6) is 0 Å². The molecule has 1 aromatic rings. The molecule has 0 aliphatic carbocycles. The van der Waals surface area contributed by atoms with Gasteiger partial charge in [-0.2, -0.15) is 0 Å². The minimum Gasteiger partial charge on any atom is -0.711 e. The largest absolute Gasteiger partial charge is 0.711 e. The van der Waals surface area contributed by atoms with E-state index in [0.717, 1.165) is 0 Å². The molecule has 66 valence electrons. The third kappa shape index (κ3) is 2.61. The van der Waals surface area contributed by atoms with E-state index in [9.17, 15) is 10.0 Å². The van der Waals surface area contributed by atoms with Crippen LogP contribution in [0.4, 0.5) is 0 Å². The molecule has 0 fully saturated rings. The molecule has 0 aliphatic rings. The smallest absolute Gasteiger partial charge is 0.302 e. The summed E-state index contributed by atoms with van der Waals surface area (Å²) in [6, 6.07) is 0. The lowest BCUT2D eigenvalue weighted by molar-refractivity contribution is -0.604. The minimum absolute atomic E-state index is 0.296. The van der Waals surface area contributed by atoms with E-state index in [2.05, 4.69) is 4.74 Å². The number of hydrogen-bond donors (Lipinski definition) is 0. The lowest BCUT2D eigenvalue weighted by atomic mass is 10.6. The van der Waals surface area contributed by atoms with Crippen LogP contribution in [0.1, 0.15) is 6.92 Å². The minimum atomic E-state index is -0.308. The first kappa shape index (κ1) is 8.58. The number of rotatable bonds is 3. The van der Waals surface area contributed by atoms with Crippen molar-refractivity contribution in [2.45, 2.75) is 13.5 Å². The number of hydrogen-bond acceptors (Lipinski definition) is 3. The van der Waals surface area contributed by atoms with Gasteiger partial charge in [0.1, 0.15) is 25.5 Å². The highest BCUT2D eigenvalue weighted by molar-refractivity contribution is 5.65. The first-order valence-corrected chi connectivity index (χ1v) is 3.56. The van der Waals surface area contributed by atoms with Gasteiger partial charge in [-0.1, -0.05) is 0 Å². The highest BCUT2D eigenvalue weighted by Crippen LogP contribution is 1.85. The van der Waals surface area contributed by atoms with E-state index in [1.54, 1.807) is 10.8 Å². The fraction of sp³-hybridized carbons (Fsp3) is 0.429. The topological polar surface area (TPSA) is 58.2 Å². The van der Waals surface area contributed by atoms with Crippen molar-refractivity contribution < 1.29 is 14.3 Å². The van der Waals surface area contributed by atoms with Crippen LogP contribution < -0.4 is 4.73 Å². The molecule has 12 heavy (non-hydrogen) atoms. The van der Waals surface area contributed by atoms with Gasteiger partial charge < -0.3 is 9.94 Å². The van der Waals surface area contributed by atoms with Crippen LogP contribution >= 0.6 is 0 Å². The van der Waals surface area contributed by atoms with Crippen molar-refractivity contribution in [3.05, 3.63) is 23.9 Å². The van der Waals surface area contributed by atoms with E-state index in [4.69, 9.17) is 0 Å². The Morgan fingerprint density at radius 2 is 2.50 bits per heavy atom. The van der Waals surface area contributed by atoms with Crippen LogP contribution in [0.2, 0.25) is 0 Å². The van der Waals surface area contributed by atoms with E-state index in [1.807, 2.05) is 0 Å². The summed E-state index contributed by atoms with van der Waals surface area (Å²) in [5.74, 6) is -0.308. The molecule has 0 unspecified atom stereocenters. The van der Waals surface area contributed by atoms with Crippen molar-refractivity contribution in [1.82, 2.24) is 4.57 Å². The number of aromatic nitrogens is 2. The maximum Gasteiger partial charge on any atom is 0.302 e. The fourth-order valence-corrected chi connectivity index (χ4v) is 0.802. The molecule has 0 atom stereocenters. The Hall–Kier alpha value is -1.52. The average molecular weight is 170 g/mol. The molecule has 0 amide bonds. The van der Waals surface area contributed by atoms with Crippen LogP contribution in [0, 0.1) is 5.21 Å². The molecule has 0 N–H and O–H groups in total. The summed E-state index contributed by atoms with van der Waals surface area (Å²) < 4.78 is 7.02. The first-order chi connectivity index (χ1) is 5.68. The molecule has 0 aliphatic heterocycles. The Kier molecular flexibility index (Phi) is 2.68. The third-order valence-corrected chi connectivity index (χ3v) is 1.32. The SMILES string of the molecule is CC(=O)OCCn1cc[n+]([O-])c1. The van der Waals surface area contributed by atoms with Crippen LogP contribution in [0.15, 0.2) is 18.7 Å². The Labute approximate surface area is 69.8 Å². The average Bonchev–Trinajstić information content (AvgIpc) is 2.35. The number of nitrogens with zero attached hydrogens (tertiary/aromatic N) is 2. The molecule has 1 rings (SSSR count). The zero-order valence-electron chi connectivity index (χ0n) is 6.77. The second-order valence-electron chi connectivity index (χ2n) is 2.35. The summed E-state index contributed by atoms with van der Waals surface area (Å²) in [4.78, 5) is 10.3. The van der Waals surface area contributed by atoms with E-state index in [0.29, 0.717) is 17.9 Å². The molecule has 0 aromatic carbocycles. The Morgan fingerprint density at radius 3 is 3.00 bits per heavy atom. The van der Waals surface area contributed by atoms with Crippen molar-refractivity contribution in [3.63, 3.8) is 0 Å². The van der Waals surface area contributed by atoms with Crippen molar-refractivity contribution in [1.29, 1.82) is 0 Å². The molecule has 0 spiro atoms. The van der Waals surface area contributed by atoms with Gasteiger partial charge in [0.15, 0.2) is 0 Å². The molecule has 5 nitrogen and oxygen atoms in total. The Morgan fingerprint density at radius 1 is 1.75 bits per heavy atom. The molecule has 0 bridgehead atoms. The summed E-state index contributed by atoms with van der Waals surface area (Å²) in [5.41, 5.74) is 0. The van der Waals surface area contributed by atoms with Gasteiger partial charge in [-0.05, 0) is 0 Å². The maximum atomic E-state index is 10.6. The summed E-state index contributed by atoms with van der Waals surface area (Å²) in [6.07, 6.45) is 4.38. The van der Waals surface area contributed by atoms with Gasteiger partial charge in [0.25, 0.3) is 0 Å². The van der Waals surface area contributed by atoms with Crippen LogP contribution in [0.3, 0.4) is 0 Å². The summed E-state index contributed by atoms with van der Waals surface area (Å²) in [7, 11) is 0. The third-order valence-electron chi connectivity index (χ3n) is 1.32. The Balaban J connectivity index is 2.29. The summed E-state index contributed by atoms with van der Waals surface area (Å²) >= 11 is 0. The first-order valence-electron chi connectivity index (χ1n) is 3.56. The summed E-state index contributed by atoms with van der Waals surface area (Å²) in [5, 5.41) is 10.6. The highest BCUT2D eigenvalue weighted by Gasteiger charge is 1.98. The van der Waals surface area contributed by atoms with E-state index >= 15 is 0 Å². The standard InChI is InChI=1S/C7H10N2O3/c1-7(10)12-5-4-8-2-3-9(11)6-8/h2-3,6H,4-5H2,1H3. The monoisotopic (exact) mass is 170 g/mol. The molecule has 1 heterocycles. The quantitative estimate of drug-likeness (QED) is 0.355. The Bertz CT molecular complexity index is 269. The fourth-order valence-electron chi connectivity index (χ4n) is 0.802. The normalized spacial score (nSPS) is 9.75. The van der Waals surface area contributed by atoms with Gasteiger partial charge in [-0.3, -0.25) is 4.79 Å². The zero-order chi connectivity index (χ0) is 8.97. The molecular formula is C7H10N2O3. The zero-order valence-corrected chi connectivity index (χ0v) is 6.77. The van der Waals surface area contributed by atoms with Gasteiger partial charge in [0.05, 0.1) is 0 Å². The van der Waals surface area contributed by atoms with Gasteiger partial charge >= 0.3 is 5.97 Å². The predicted molar refractivity (Wildman–Crippen MR) is 40.0 cm³/mol. The van der Waals surface area contributed by atoms with Crippen LogP contribution in [-0.2, 0) is 16.1 Å². The van der Waals surface area contributed by atoms with Crippen molar-refractivity contribution >= 4 is 5.97 Å². The van der Waals surface area contributed by atoms with Crippen LogP contribution in [-0.4, -0.2) is 17.1 Å². The van der Waals surface area contributed by atoms with Crippen LogP contribution in [0.25, 0.3) is 0 Å². The molecular weight excluding hydrogens is 160 g/mol. The van der Waals surface area contributed by atoms with E-state index in [-0.39, 0.29) is 5.97 Å².